The number of aromatic nitrogens is 1. The fourth-order valence-electron chi connectivity index (χ4n) is 1.40. The fraction of sp³-hybridized carbons (Fsp3) is 0.333. The highest BCUT2D eigenvalue weighted by atomic mass is 14.7. The molecule has 2 rings (SSSR count). The lowest BCUT2D eigenvalue weighted by Gasteiger charge is -1.93. The molecule has 0 spiro atoms. The van der Waals surface area contributed by atoms with Gasteiger partial charge in [0, 0.05) is 23.3 Å². The van der Waals surface area contributed by atoms with Gasteiger partial charge in [0.1, 0.15) is 0 Å². The molecule has 1 aliphatic heterocycles. The number of hydrogen-bond donors (Lipinski definition) is 0. The molecule has 0 radical (unpaired) electrons. The van der Waals surface area contributed by atoms with E-state index in [1.54, 1.807) is 6.20 Å². The van der Waals surface area contributed by atoms with Crippen LogP contribution >= 0.6 is 0 Å². The lowest BCUT2D eigenvalue weighted by molar-refractivity contribution is 1.20. The van der Waals surface area contributed by atoms with E-state index in [0.717, 1.165) is 24.2 Å². The van der Waals surface area contributed by atoms with Crippen LogP contribution in [0.2, 0.25) is 0 Å². The first kappa shape index (κ1) is 13.4. The standard InChI is InChI=1S/C9H13N.C6H7N/c1-3-9-7-5-4-6-8(2)10-9;1-6-4-2-3-5-7-6/h5-7H,3-4H2,1-2H3;2-5H,1H3. The van der Waals surface area contributed by atoms with Crippen molar-refractivity contribution >= 4 is 5.71 Å². The van der Waals surface area contributed by atoms with Crippen molar-refractivity contribution in [3.05, 3.63) is 54.0 Å². The van der Waals surface area contributed by atoms with Gasteiger partial charge in [0.25, 0.3) is 0 Å². The molecule has 0 fully saturated rings. The van der Waals surface area contributed by atoms with Crippen LogP contribution in [-0.2, 0) is 0 Å². The van der Waals surface area contributed by atoms with Crippen LogP contribution < -0.4 is 0 Å². The molecule has 1 aromatic heterocycles. The Labute approximate surface area is 104 Å². The molecule has 0 atom stereocenters. The molecule has 0 aliphatic carbocycles. The first-order chi connectivity index (χ1) is 8.22. The second-order valence-electron chi connectivity index (χ2n) is 3.91. The summed E-state index contributed by atoms with van der Waals surface area (Å²) in [7, 11) is 0. The van der Waals surface area contributed by atoms with Crippen molar-refractivity contribution in [2.75, 3.05) is 0 Å². The van der Waals surface area contributed by atoms with Crippen molar-refractivity contribution in [1.29, 1.82) is 0 Å². The minimum atomic E-state index is 1.03. The lowest BCUT2D eigenvalue weighted by Crippen LogP contribution is -1.88. The van der Waals surface area contributed by atoms with E-state index in [4.69, 9.17) is 0 Å². The lowest BCUT2D eigenvalue weighted by atomic mass is 10.2. The molecule has 2 nitrogen and oxygen atoms in total. The molecule has 1 aromatic rings. The largest absolute Gasteiger partial charge is 0.262 e. The van der Waals surface area contributed by atoms with Crippen LogP contribution in [0.1, 0.15) is 32.4 Å². The quantitative estimate of drug-likeness (QED) is 0.710. The van der Waals surface area contributed by atoms with Crippen molar-refractivity contribution in [3.8, 4) is 0 Å². The van der Waals surface area contributed by atoms with E-state index in [9.17, 15) is 0 Å². The molecule has 2 heteroatoms. The van der Waals surface area contributed by atoms with Crippen molar-refractivity contribution < 1.29 is 0 Å². The second kappa shape index (κ2) is 7.55. The van der Waals surface area contributed by atoms with Gasteiger partial charge >= 0.3 is 0 Å². The topological polar surface area (TPSA) is 25.2 Å². The number of aliphatic imine (C=N–C) groups is 1. The van der Waals surface area contributed by atoms with Crippen LogP contribution in [0.25, 0.3) is 0 Å². The van der Waals surface area contributed by atoms with E-state index in [0.29, 0.717) is 0 Å². The molecule has 0 unspecified atom stereocenters. The van der Waals surface area contributed by atoms with Gasteiger partial charge in [-0.05, 0) is 44.9 Å². The maximum atomic E-state index is 4.39. The van der Waals surface area contributed by atoms with E-state index in [2.05, 4.69) is 35.1 Å². The van der Waals surface area contributed by atoms with Gasteiger partial charge in [-0.3, -0.25) is 9.98 Å². The molecule has 0 saturated heterocycles. The smallest absolute Gasteiger partial charge is 0.0400 e. The van der Waals surface area contributed by atoms with Gasteiger partial charge in [0.05, 0.1) is 0 Å². The maximum Gasteiger partial charge on any atom is 0.0400 e. The maximum absolute atomic E-state index is 4.39. The first-order valence-electron chi connectivity index (χ1n) is 6.01. The SMILES string of the molecule is CCC1=NC(C)=CCC=C1.Cc1ccccn1. The third kappa shape index (κ3) is 5.81. The summed E-state index contributed by atoms with van der Waals surface area (Å²) in [6, 6.07) is 5.86. The van der Waals surface area contributed by atoms with Crippen molar-refractivity contribution in [2.45, 2.75) is 33.6 Å². The van der Waals surface area contributed by atoms with Gasteiger partial charge < -0.3 is 0 Å². The molecular formula is C15H20N2. The molecule has 0 aromatic carbocycles. The van der Waals surface area contributed by atoms with Crippen molar-refractivity contribution in [2.24, 2.45) is 4.99 Å². The molecule has 0 bridgehead atoms. The summed E-state index contributed by atoms with van der Waals surface area (Å²) in [6.07, 6.45) is 10.2. The van der Waals surface area contributed by atoms with Crippen LogP contribution in [0.15, 0.2) is 53.3 Å². The van der Waals surface area contributed by atoms with Crippen LogP contribution in [-0.4, -0.2) is 10.7 Å². The van der Waals surface area contributed by atoms with Crippen molar-refractivity contribution in [3.63, 3.8) is 0 Å². The minimum absolute atomic E-state index is 1.03. The van der Waals surface area contributed by atoms with E-state index in [-0.39, 0.29) is 0 Å². The molecule has 90 valence electrons. The highest BCUT2D eigenvalue weighted by molar-refractivity contribution is 5.95. The monoisotopic (exact) mass is 228 g/mol. The Hall–Kier alpha value is -1.70. The van der Waals surface area contributed by atoms with E-state index >= 15 is 0 Å². The Morgan fingerprint density at radius 1 is 1.24 bits per heavy atom. The summed E-state index contributed by atoms with van der Waals surface area (Å²) < 4.78 is 0. The summed E-state index contributed by atoms with van der Waals surface area (Å²) >= 11 is 0. The zero-order valence-electron chi connectivity index (χ0n) is 10.9. The molecule has 0 N–H and O–H groups in total. The predicted octanol–water partition coefficient (Wildman–Crippen LogP) is 4.09. The number of aryl methyl sites for hydroxylation is 1. The van der Waals surface area contributed by atoms with Gasteiger partial charge in [0.2, 0.25) is 0 Å². The molecule has 1 aliphatic rings. The van der Waals surface area contributed by atoms with Gasteiger partial charge in [0.15, 0.2) is 0 Å². The van der Waals surface area contributed by atoms with E-state index in [1.807, 2.05) is 32.0 Å². The molecular weight excluding hydrogens is 208 g/mol. The number of rotatable bonds is 1. The fourth-order valence-corrected chi connectivity index (χ4v) is 1.40. The molecule has 0 amide bonds. The zero-order valence-corrected chi connectivity index (χ0v) is 10.9. The highest BCUT2D eigenvalue weighted by Crippen LogP contribution is 2.05. The number of allylic oxidation sites excluding steroid dienone is 4. The Bertz CT molecular complexity index is 414. The van der Waals surface area contributed by atoms with Crippen molar-refractivity contribution in [1.82, 2.24) is 4.98 Å². The average Bonchev–Trinajstić information content (AvgIpc) is 2.55. The average molecular weight is 228 g/mol. The Balaban J connectivity index is 0.000000181. The van der Waals surface area contributed by atoms with E-state index in [1.165, 1.54) is 5.71 Å². The number of hydrogen-bond acceptors (Lipinski definition) is 2. The van der Waals surface area contributed by atoms with Gasteiger partial charge in [-0.15, -0.1) is 0 Å². The summed E-state index contributed by atoms with van der Waals surface area (Å²) in [4.78, 5) is 8.36. The normalized spacial score (nSPS) is 14.1. The minimum Gasteiger partial charge on any atom is -0.262 e. The van der Waals surface area contributed by atoms with Crippen LogP contribution in [0.3, 0.4) is 0 Å². The Morgan fingerprint density at radius 2 is 2.06 bits per heavy atom. The predicted molar refractivity (Wildman–Crippen MR) is 74.2 cm³/mol. The second-order valence-corrected chi connectivity index (χ2v) is 3.91. The molecule has 2 heterocycles. The summed E-state index contributed by atoms with van der Waals surface area (Å²) in [5, 5.41) is 0. The number of nitrogens with zero attached hydrogens (tertiary/aromatic N) is 2. The first-order valence-corrected chi connectivity index (χ1v) is 6.01. The van der Waals surface area contributed by atoms with Crippen LogP contribution in [0.4, 0.5) is 0 Å². The number of pyridine rings is 1. The summed E-state index contributed by atoms with van der Waals surface area (Å²) in [6.45, 7) is 6.14. The zero-order chi connectivity index (χ0) is 12.5. The summed E-state index contributed by atoms with van der Waals surface area (Å²) in [5.41, 5.74) is 3.40. The van der Waals surface area contributed by atoms with Gasteiger partial charge in [-0.25, -0.2) is 0 Å². The van der Waals surface area contributed by atoms with Crippen LogP contribution in [0.5, 0.6) is 0 Å². The van der Waals surface area contributed by atoms with E-state index < -0.39 is 0 Å². The molecule has 0 saturated carbocycles. The van der Waals surface area contributed by atoms with Gasteiger partial charge in [-0.2, -0.15) is 0 Å². The Morgan fingerprint density at radius 3 is 2.59 bits per heavy atom. The third-order valence-corrected chi connectivity index (χ3v) is 2.35. The van der Waals surface area contributed by atoms with Crippen LogP contribution in [0, 0.1) is 6.92 Å². The summed E-state index contributed by atoms with van der Waals surface area (Å²) in [5.74, 6) is 0. The Kier molecular flexibility index (Phi) is 5.94. The van der Waals surface area contributed by atoms with Gasteiger partial charge in [-0.1, -0.05) is 25.1 Å². The molecule has 17 heavy (non-hydrogen) atoms. The third-order valence-electron chi connectivity index (χ3n) is 2.35. The highest BCUT2D eigenvalue weighted by Gasteiger charge is 1.93.